The molecule has 0 saturated heterocycles. The lowest BCUT2D eigenvalue weighted by molar-refractivity contribution is 0.345. The van der Waals surface area contributed by atoms with Gasteiger partial charge in [-0.1, -0.05) is 31.4 Å². The Balaban J connectivity index is 1.94. The van der Waals surface area contributed by atoms with Crippen molar-refractivity contribution in [2.24, 2.45) is 7.05 Å². The van der Waals surface area contributed by atoms with E-state index in [4.69, 9.17) is 9.40 Å². The molecule has 1 saturated carbocycles. The normalized spacial score (nSPS) is 15.5. The van der Waals surface area contributed by atoms with Gasteiger partial charge in [-0.3, -0.25) is 14.2 Å². The Bertz CT molecular complexity index is 1290. The monoisotopic (exact) mass is 375 g/mol. The first-order chi connectivity index (χ1) is 13.7. The second-order valence-electron chi connectivity index (χ2n) is 7.48. The molecule has 1 aromatic carbocycles. The molecule has 142 valence electrons. The van der Waals surface area contributed by atoms with Gasteiger partial charge < -0.3 is 8.98 Å². The van der Waals surface area contributed by atoms with Gasteiger partial charge in [0.15, 0.2) is 17.2 Å². The summed E-state index contributed by atoms with van der Waals surface area (Å²) < 4.78 is 9.13. The Labute approximate surface area is 161 Å². The van der Waals surface area contributed by atoms with E-state index in [0.29, 0.717) is 22.6 Å². The second-order valence-corrected chi connectivity index (χ2v) is 7.48. The van der Waals surface area contributed by atoms with Gasteiger partial charge in [0, 0.05) is 18.5 Å². The Morgan fingerprint density at radius 2 is 1.82 bits per heavy atom. The quantitative estimate of drug-likeness (QED) is 0.496. The summed E-state index contributed by atoms with van der Waals surface area (Å²) in [7, 11) is 1.84. The molecule has 0 N–H and O–H groups in total. The van der Waals surface area contributed by atoms with E-state index in [1.165, 1.54) is 6.42 Å². The first-order valence-corrected chi connectivity index (χ1v) is 9.74. The fraction of sp³-hybridized carbons (Fsp3) is 0.318. The van der Waals surface area contributed by atoms with Gasteiger partial charge >= 0.3 is 0 Å². The van der Waals surface area contributed by atoms with Crippen LogP contribution in [0.25, 0.3) is 33.5 Å². The lowest BCUT2D eigenvalue weighted by Gasteiger charge is -2.26. The summed E-state index contributed by atoms with van der Waals surface area (Å²) in [6, 6.07) is 11.0. The molecule has 1 aliphatic rings. The van der Waals surface area contributed by atoms with E-state index in [-0.39, 0.29) is 22.4 Å². The summed E-state index contributed by atoms with van der Waals surface area (Å²) in [6.45, 7) is 0. The summed E-state index contributed by atoms with van der Waals surface area (Å²) in [4.78, 5) is 31.6. The van der Waals surface area contributed by atoms with Gasteiger partial charge in [0.1, 0.15) is 5.39 Å². The zero-order valence-corrected chi connectivity index (χ0v) is 15.7. The molecule has 0 unspecified atom stereocenters. The van der Waals surface area contributed by atoms with Crippen molar-refractivity contribution in [3.63, 3.8) is 0 Å². The lowest BCUT2D eigenvalue weighted by Crippen LogP contribution is -2.32. The molecule has 0 amide bonds. The number of pyridine rings is 1. The minimum Gasteiger partial charge on any atom is -0.461 e. The number of benzene rings is 1. The van der Waals surface area contributed by atoms with Crippen molar-refractivity contribution >= 4 is 21.9 Å². The number of aromatic nitrogens is 3. The van der Waals surface area contributed by atoms with Crippen LogP contribution < -0.4 is 11.0 Å². The number of hydrogen-bond donors (Lipinski definition) is 0. The van der Waals surface area contributed by atoms with E-state index in [9.17, 15) is 9.59 Å². The number of fused-ring (bicyclic) bond motifs is 2. The number of furan rings is 1. The molecule has 4 aromatic rings. The standard InChI is InChI=1S/C22H21N3O3/c1-24-16-11-6-5-10-15(16)19(26)18-21(24)23-20(17-12-7-13-28-17)25(22(18)27)14-8-3-2-4-9-14/h5-7,10-14H,2-4,8-9H2,1H3. The smallest absolute Gasteiger partial charge is 0.267 e. The van der Waals surface area contributed by atoms with E-state index in [1.807, 2.05) is 35.9 Å². The molecule has 1 fully saturated rings. The summed E-state index contributed by atoms with van der Waals surface area (Å²) in [5.41, 5.74) is 0.631. The molecule has 0 radical (unpaired) electrons. The van der Waals surface area contributed by atoms with Crippen LogP contribution in [0.2, 0.25) is 0 Å². The van der Waals surface area contributed by atoms with Crippen LogP contribution in [0, 0.1) is 0 Å². The van der Waals surface area contributed by atoms with Crippen LogP contribution in [0.5, 0.6) is 0 Å². The van der Waals surface area contributed by atoms with E-state index >= 15 is 0 Å². The van der Waals surface area contributed by atoms with Crippen LogP contribution in [0.4, 0.5) is 0 Å². The van der Waals surface area contributed by atoms with Gasteiger partial charge in [-0.15, -0.1) is 0 Å². The maximum atomic E-state index is 13.6. The predicted molar refractivity (Wildman–Crippen MR) is 109 cm³/mol. The molecule has 5 rings (SSSR count). The van der Waals surface area contributed by atoms with Crippen LogP contribution in [0.1, 0.15) is 38.1 Å². The molecule has 28 heavy (non-hydrogen) atoms. The first-order valence-electron chi connectivity index (χ1n) is 9.74. The molecule has 3 aromatic heterocycles. The molecular formula is C22H21N3O3. The topological polar surface area (TPSA) is 70.0 Å². The van der Waals surface area contributed by atoms with Gasteiger partial charge in [0.25, 0.3) is 5.56 Å². The summed E-state index contributed by atoms with van der Waals surface area (Å²) in [6.07, 6.45) is 6.72. The third-order valence-corrected chi connectivity index (χ3v) is 5.83. The van der Waals surface area contributed by atoms with Crippen molar-refractivity contribution in [1.82, 2.24) is 14.1 Å². The minimum atomic E-state index is -0.269. The lowest BCUT2D eigenvalue weighted by atomic mass is 9.95. The van der Waals surface area contributed by atoms with Gasteiger partial charge in [-0.05, 0) is 37.1 Å². The fourth-order valence-corrected chi connectivity index (χ4v) is 4.43. The summed E-state index contributed by atoms with van der Waals surface area (Å²) in [5, 5.41) is 0.694. The van der Waals surface area contributed by atoms with Crippen molar-refractivity contribution in [2.75, 3.05) is 0 Å². The predicted octanol–water partition coefficient (Wildman–Crippen LogP) is 4.01. The van der Waals surface area contributed by atoms with Crippen LogP contribution in [0.15, 0.2) is 56.7 Å². The summed E-state index contributed by atoms with van der Waals surface area (Å²) in [5.74, 6) is 1.05. The first kappa shape index (κ1) is 17.0. The molecule has 0 spiro atoms. The zero-order valence-electron chi connectivity index (χ0n) is 15.7. The van der Waals surface area contributed by atoms with E-state index in [1.54, 1.807) is 23.0 Å². The maximum Gasteiger partial charge on any atom is 0.267 e. The van der Waals surface area contributed by atoms with Crippen molar-refractivity contribution < 1.29 is 4.42 Å². The Kier molecular flexibility index (Phi) is 3.93. The highest BCUT2D eigenvalue weighted by Crippen LogP contribution is 2.31. The average Bonchev–Trinajstić information content (AvgIpc) is 3.27. The highest BCUT2D eigenvalue weighted by Gasteiger charge is 2.25. The molecule has 6 nitrogen and oxygen atoms in total. The number of rotatable bonds is 2. The molecule has 0 bridgehead atoms. The van der Waals surface area contributed by atoms with E-state index in [0.717, 1.165) is 31.2 Å². The molecule has 3 heterocycles. The molecule has 0 aliphatic heterocycles. The molecule has 0 atom stereocenters. The van der Waals surface area contributed by atoms with Gasteiger partial charge in [0.05, 0.1) is 11.8 Å². The highest BCUT2D eigenvalue weighted by atomic mass is 16.3. The number of aryl methyl sites for hydroxylation is 1. The third-order valence-electron chi connectivity index (χ3n) is 5.83. The fourth-order valence-electron chi connectivity index (χ4n) is 4.43. The minimum absolute atomic E-state index is 0.0365. The number of hydrogen-bond acceptors (Lipinski definition) is 4. The van der Waals surface area contributed by atoms with Gasteiger partial charge in [-0.25, -0.2) is 4.98 Å². The number of para-hydroxylation sites is 1. The van der Waals surface area contributed by atoms with Crippen LogP contribution in [-0.2, 0) is 7.05 Å². The van der Waals surface area contributed by atoms with Gasteiger partial charge in [0.2, 0.25) is 5.43 Å². The summed E-state index contributed by atoms with van der Waals surface area (Å²) >= 11 is 0. The maximum absolute atomic E-state index is 13.6. The van der Waals surface area contributed by atoms with Crippen LogP contribution >= 0.6 is 0 Å². The highest BCUT2D eigenvalue weighted by molar-refractivity contribution is 5.91. The Hall–Kier alpha value is -3.15. The molecule has 6 heteroatoms. The zero-order chi connectivity index (χ0) is 19.3. The van der Waals surface area contributed by atoms with Crippen molar-refractivity contribution in [3.05, 3.63) is 63.2 Å². The number of nitrogens with zero attached hydrogens (tertiary/aromatic N) is 3. The van der Waals surface area contributed by atoms with E-state index < -0.39 is 0 Å². The van der Waals surface area contributed by atoms with Crippen molar-refractivity contribution in [2.45, 2.75) is 38.1 Å². The van der Waals surface area contributed by atoms with Crippen molar-refractivity contribution in [3.8, 4) is 11.6 Å². The molecule has 1 aliphatic carbocycles. The molecular weight excluding hydrogens is 354 g/mol. The second kappa shape index (κ2) is 6.48. The average molecular weight is 375 g/mol. The van der Waals surface area contributed by atoms with Crippen molar-refractivity contribution in [1.29, 1.82) is 0 Å². The van der Waals surface area contributed by atoms with E-state index in [2.05, 4.69) is 0 Å². The van der Waals surface area contributed by atoms with Gasteiger partial charge in [-0.2, -0.15) is 0 Å². The third kappa shape index (κ3) is 2.44. The Morgan fingerprint density at radius 3 is 2.57 bits per heavy atom. The largest absolute Gasteiger partial charge is 0.461 e. The Morgan fingerprint density at radius 1 is 1.04 bits per heavy atom. The SMILES string of the molecule is Cn1c2ccccc2c(=O)c2c(=O)n(C3CCCCC3)c(-c3ccco3)nc21. The van der Waals surface area contributed by atoms with Crippen LogP contribution in [0.3, 0.4) is 0 Å². The van der Waals surface area contributed by atoms with Crippen LogP contribution in [-0.4, -0.2) is 14.1 Å².